The van der Waals surface area contributed by atoms with E-state index in [1.807, 2.05) is 0 Å². The zero-order valence-electron chi connectivity index (χ0n) is 11.4. The number of methoxy groups -OCH3 is 1. The molecule has 0 radical (unpaired) electrons. The first-order valence-corrected chi connectivity index (χ1v) is 7.14. The minimum Gasteiger partial charge on any atom is -0.464 e. The lowest BCUT2D eigenvalue weighted by Gasteiger charge is -2.19. The molecule has 0 fully saturated rings. The van der Waals surface area contributed by atoms with Gasteiger partial charge in [-0.25, -0.2) is 9.59 Å². The number of esters is 1. The van der Waals surface area contributed by atoms with E-state index in [1.54, 1.807) is 20.8 Å². The predicted molar refractivity (Wildman–Crippen MR) is 69.0 cm³/mol. The minimum atomic E-state index is -1.86. The summed E-state index contributed by atoms with van der Waals surface area (Å²) in [6, 6.07) is 0. The minimum absolute atomic E-state index is 0.0495. The van der Waals surface area contributed by atoms with E-state index in [0.29, 0.717) is 0 Å². The normalized spacial score (nSPS) is 12.7. The molecule has 108 valence electrons. The summed E-state index contributed by atoms with van der Waals surface area (Å²) in [5.41, 5.74) is -0.879. The predicted octanol–water partition coefficient (Wildman–Crippen LogP) is 1.35. The van der Waals surface area contributed by atoms with Crippen LogP contribution in [0.3, 0.4) is 0 Å². The molecule has 0 aromatic rings. The largest absolute Gasteiger partial charge is 0.464 e. The first-order valence-electron chi connectivity index (χ1n) is 5.51. The van der Waals surface area contributed by atoms with Crippen LogP contribution in [0.5, 0.6) is 0 Å². The van der Waals surface area contributed by atoms with Crippen LogP contribution in [0.2, 0.25) is 0 Å². The van der Waals surface area contributed by atoms with Crippen LogP contribution in [0.15, 0.2) is 11.8 Å². The highest BCUT2D eigenvalue weighted by Gasteiger charge is 2.21. The number of amides is 1. The molecule has 0 saturated heterocycles. The summed E-state index contributed by atoms with van der Waals surface area (Å²) in [6.45, 7) is 5.03. The summed E-state index contributed by atoms with van der Waals surface area (Å²) in [5, 5.41) is 10.9. The second-order valence-corrected chi connectivity index (χ2v) is 6.15. The number of aliphatic hydroxyl groups is 1. The molecule has 0 aromatic carbocycles. The number of carbonyl (C=O) groups is 2. The molecule has 0 aromatic heterocycles. The second kappa shape index (κ2) is 7.86. The van der Waals surface area contributed by atoms with Gasteiger partial charge in [-0.2, -0.15) is 0 Å². The molecule has 0 aliphatic heterocycles. The van der Waals surface area contributed by atoms with Crippen LogP contribution >= 0.6 is 7.80 Å². The van der Waals surface area contributed by atoms with Crippen LogP contribution in [0.4, 0.5) is 4.79 Å². The lowest BCUT2D eigenvalue weighted by molar-refractivity contribution is -0.136. The van der Waals surface area contributed by atoms with Crippen molar-refractivity contribution >= 4 is 19.9 Å². The Bertz CT molecular complexity index is 385. The fourth-order valence-electron chi connectivity index (χ4n) is 0.960. The van der Waals surface area contributed by atoms with E-state index >= 15 is 0 Å². The van der Waals surface area contributed by atoms with Gasteiger partial charge in [-0.3, -0.25) is 5.32 Å². The molecule has 19 heavy (non-hydrogen) atoms. The van der Waals surface area contributed by atoms with Crippen LogP contribution in [0.25, 0.3) is 0 Å². The monoisotopic (exact) mass is 292 g/mol. The van der Waals surface area contributed by atoms with Gasteiger partial charge in [0.15, 0.2) is 6.16 Å². The van der Waals surface area contributed by atoms with Crippen molar-refractivity contribution in [2.75, 3.05) is 19.6 Å². The highest BCUT2D eigenvalue weighted by atomic mass is 31.1. The average molecular weight is 292 g/mol. The number of rotatable bonds is 5. The smallest absolute Gasteiger partial charge is 0.412 e. The summed E-state index contributed by atoms with van der Waals surface area (Å²) in [6.07, 6.45) is -0.132. The third-order valence-electron chi connectivity index (χ3n) is 1.70. The molecule has 2 N–H and O–H groups in total. The molecule has 0 spiro atoms. The lowest BCUT2D eigenvalue weighted by Crippen LogP contribution is -2.34. The van der Waals surface area contributed by atoms with Crippen molar-refractivity contribution in [3.05, 3.63) is 11.8 Å². The van der Waals surface area contributed by atoms with Gasteiger partial charge in [0, 0.05) is 0 Å². The highest BCUT2D eigenvalue weighted by molar-refractivity contribution is 7.44. The Morgan fingerprint density at radius 3 is 2.37 bits per heavy atom. The fraction of sp³-hybridized carbons (Fsp3) is 0.636. The molecule has 7 nitrogen and oxygen atoms in total. The van der Waals surface area contributed by atoms with E-state index in [0.717, 1.165) is 7.11 Å². The first kappa shape index (κ1) is 17.5. The van der Waals surface area contributed by atoms with E-state index in [1.165, 1.54) is 6.08 Å². The Hall–Kier alpha value is -1.46. The Morgan fingerprint density at radius 1 is 1.37 bits per heavy atom. The number of allylic oxidation sites excluding steroid dienone is 1. The van der Waals surface area contributed by atoms with Crippen LogP contribution in [-0.2, 0) is 18.8 Å². The van der Waals surface area contributed by atoms with E-state index in [9.17, 15) is 14.2 Å². The molecule has 0 saturated carbocycles. The number of nitrogens with one attached hydrogen (secondary N) is 1. The van der Waals surface area contributed by atoms with Gasteiger partial charge >= 0.3 is 19.9 Å². The number of hydrogen-bond acceptors (Lipinski definition) is 6. The Kier molecular flexibility index (Phi) is 7.26. The Labute approximate surface area is 112 Å². The number of carbonyl (C=O) groups excluding carboxylic acids is 2. The molecule has 1 atom stereocenters. The molecular formula is C11H19NO6P+. The van der Waals surface area contributed by atoms with Crippen molar-refractivity contribution < 1.29 is 28.7 Å². The maximum Gasteiger partial charge on any atom is 0.412 e. The Balaban J connectivity index is 4.74. The third kappa shape index (κ3) is 8.29. The van der Waals surface area contributed by atoms with Crippen LogP contribution in [0.1, 0.15) is 20.8 Å². The topological polar surface area (TPSA) is 102 Å². The zero-order chi connectivity index (χ0) is 15.1. The van der Waals surface area contributed by atoms with Crippen molar-refractivity contribution in [3.8, 4) is 0 Å². The van der Waals surface area contributed by atoms with Gasteiger partial charge in [0.1, 0.15) is 11.3 Å². The summed E-state index contributed by atoms with van der Waals surface area (Å²) in [4.78, 5) is 22.9. The van der Waals surface area contributed by atoms with Gasteiger partial charge in [-0.15, -0.1) is 0 Å². The summed E-state index contributed by atoms with van der Waals surface area (Å²) < 4.78 is 20.5. The molecule has 8 heteroatoms. The van der Waals surface area contributed by atoms with Crippen molar-refractivity contribution in [2.24, 2.45) is 0 Å². The van der Waals surface area contributed by atoms with Gasteiger partial charge < -0.3 is 14.6 Å². The molecule has 1 unspecified atom stereocenters. The molecule has 0 aliphatic carbocycles. The highest BCUT2D eigenvalue weighted by Crippen LogP contribution is 2.18. The van der Waals surface area contributed by atoms with Crippen LogP contribution in [0, 0.1) is 0 Å². The maximum absolute atomic E-state index is 11.5. The molecule has 1 amide bonds. The summed E-state index contributed by atoms with van der Waals surface area (Å²) in [7, 11) is -0.711. The van der Waals surface area contributed by atoms with Crippen molar-refractivity contribution in [2.45, 2.75) is 26.4 Å². The quantitative estimate of drug-likeness (QED) is 0.450. The number of alkyl carbamates (subject to hydrolysis) is 1. The van der Waals surface area contributed by atoms with Crippen molar-refractivity contribution in [1.82, 2.24) is 5.32 Å². The van der Waals surface area contributed by atoms with E-state index < -0.39 is 31.8 Å². The van der Waals surface area contributed by atoms with Crippen LogP contribution in [-0.4, -0.2) is 42.4 Å². The zero-order valence-corrected chi connectivity index (χ0v) is 12.3. The number of hydrogen-bond donors (Lipinski definition) is 2. The molecule has 0 heterocycles. The van der Waals surface area contributed by atoms with Gasteiger partial charge in [0.2, 0.25) is 6.35 Å². The van der Waals surface area contributed by atoms with E-state index in [4.69, 9.17) is 9.84 Å². The maximum atomic E-state index is 11.5. The third-order valence-corrected chi connectivity index (χ3v) is 2.60. The van der Waals surface area contributed by atoms with Crippen LogP contribution < -0.4 is 5.32 Å². The van der Waals surface area contributed by atoms with Gasteiger partial charge in [-0.05, 0) is 26.8 Å². The molecular weight excluding hydrogens is 273 g/mol. The lowest BCUT2D eigenvalue weighted by atomic mass is 10.2. The standard InChI is InChI=1S/C11H18NO6P/c1-11(2,3)18-10(15)12-8(9(14)17-4)5-6-19(16)7-13/h5,13H,6-7H2,1-4H3/p+1. The van der Waals surface area contributed by atoms with Crippen molar-refractivity contribution in [3.63, 3.8) is 0 Å². The number of ether oxygens (including phenoxy) is 2. The number of aliphatic hydroxyl groups excluding tert-OH is 1. The van der Waals surface area contributed by atoms with Gasteiger partial charge in [0.05, 0.1) is 7.11 Å². The van der Waals surface area contributed by atoms with E-state index in [2.05, 4.69) is 10.1 Å². The fourth-order valence-corrected chi connectivity index (χ4v) is 1.46. The molecule has 0 aliphatic rings. The average Bonchev–Trinajstić information content (AvgIpc) is 2.30. The SMILES string of the molecule is COC(=O)C(=CC[P+](=O)CO)NC(=O)OC(C)(C)C. The van der Waals surface area contributed by atoms with Gasteiger partial charge in [-0.1, -0.05) is 4.57 Å². The molecule has 0 rings (SSSR count). The first-order chi connectivity index (χ1) is 8.69. The Morgan fingerprint density at radius 2 is 1.95 bits per heavy atom. The van der Waals surface area contributed by atoms with Crippen molar-refractivity contribution in [1.29, 1.82) is 0 Å². The van der Waals surface area contributed by atoms with E-state index in [-0.39, 0.29) is 11.9 Å². The van der Waals surface area contributed by atoms with Gasteiger partial charge in [0.25, 0.3) is 0 Å². The summed E-state index contributed by atoms with van der Waals surface area (Å²) in [5.74, 6) is -0.785. The summed E-state index contributed by atoms with van der Waals surface area (Å²) >= 11 is 0. The molecule has 0 bridgehead atoms. The second-order valence-electron chi connectivity index (χ2n) is 4.54.